The van der Waals surface area contributed by atoms with Crippen LogP contribution >= 0.6 is 0 Å². The summed E-state index contributed by atoms with van der Waals surface area (Å²) in [6, 6.07) is 4.79. The molecule has 26 heavy (non-hydrogen) atoms. The lowest BCUT2D eigenvalue weighted by molar-refractivity contribution is -0.126. The molecule has 0 radical (unpaired) electrons. The summed E-state index contributed by atoms with van der Waals surface area (Å²) < 4.78 is 0. The number of amides is 1. The van der Waals surface area contributed by atoms with Crippen molar-refractivity contribution < 1.29 is 9.90 Å². The summed E-state index contributed by atoms with van der Waals surface area (Å²) in [7, 11) is 0. The van der Waals surface area contributed by atoms with Gasteiger partial charge in [-0.15, -0.1) is 0 Å². The van der Waals surface area contributed by atoms with Gasteiger partial charge in [0.2, 0.25) is 5.91 Å². The fourth-order valence-corrected chi connectivity index (χ4v) is 5.29. The van der Waals surface area contributed by atoms with E-state index in [1.54, 1.807) is 12.4 Å². The van der Waals surface area contributed by atoms with Crippen LogP contribution in [-0.4, -0.2) is 45.6 Å². The standard InChI is InChI=1S/C21H31N3O2/c1-15-4-6-17(7-5-15)23-20(25)14-24-18-8-9-19(24)12-21(26,11-18)16-3-2-10-22-13-16/h2-3,10,13,15,17-19,26H,4-9,11-12,14H2,1H3,(H,23,25)/t15?,17?,18-,19-/m0/s1. The molecule has 5 heteroatoms. The SMILES string of the molecule is CC1CCC(NC(=O)CN2[C@H]3CC[C@H]2CC(O)(c2cccnc2)C3)CC1. The maximum absolute atomic E-state index is 12.6. The van der Waals surface area contributed by atoms with Crippen LogP contribution in [0.2, 0.25) is 0 Å². The van der Waals surface area contributed by atoms with Crippen molar-refractivity contribution in [1.29, 1.82) is 0 Å². The summed E-state index contributed by atoms with van der Waals surface area (Å²) in [6.45, 7) is 2.78. The number of rotatable bonds is 4. The molecular weight excluding hydrogens is 326 g/mol. The molecule has 0 unspecified atom stereocenters. The van der Waals surface area contributed by atoms with E-state index < -0.39 is 5.60 Å². The van der Waals surface area contributed by atoms with Crippen LogP contribution in [0.5, 0.6) is 0 Å². The Morgan fingerprint density at radius 3 is 2.54 bits per heavy atom. The van der Waals surface area contributed by atoms with Crippen molar-refractivity contribution in [1.82, 2.24) is 15.2 Å². The number of hydrogen-bond donors (Lipinski definition) is 2. The summed E-state index contributed by atoms with van der Waals surface area (Å²) in [6.07, 6.45) is 11.7. The molecule has 2 bridgehead atoms. The predicted octanol–water partition coefficient (Wildman–Crippen LogP) is 2.59. The highest BCUT2D eigenvalue weighted by molar-refractivity contribution is 5.78. The van der Waals surface area contributed by atoms with Crippen LogP contribution in [0, 0.1) is 5.92 Å². The number of fused-ring (bicyclic) bond motifs is 2. The zero-order valence-corrected chi connectivity index (χ0v) is 15.7. The summed E-state index contributed by atoms with van der Waals surface area (Å²) >= 11 is 0. The van der Waals surface area contributed by atoms with Crippen LogP contribution in [0.3, 0.4) is 0 Å². The molecule has 3 heterocycles. The molecule has 142 valence electrons. The lowest BCUT2D eigenvalue weighted by Gasteiger charge is -2.43. The van der Waals surface area contributed by atoms with Gasteiger partial charge >= 0.3 is 0 Å². The Hall–Kier alpha value is -1.46. The van der Waals surface area contributed by atoms with Crippen molar-refractivity contribution in [3.05, 3.63) is 30.1 Å². The molecule has 0 spiro atoms. The van der Waals surface area contributed by atoms with Gasteiger partial charge in [-0.05, 0) is 63.4 Å². The van der Waals surface area contributed by atoms with Gasteiger partial charge in [0.15, 0.2) is 0 Å². The molecule has 1 saturated carbocycles. The van der Waals surface area contributed by atoms with Gasteiger partial charge < -0.3 is 10.4 Å². The fraction of sp³-hybridized carbons (Fsp3) is 0.714. The minimum Gasteiger partial charge on any atom is -0.385 e. The number of piperidine rings is 1. The van der Waals surface area contributed by atoms with E-state index in [0.29, 0.717) is 25.4 Å². The third kappa shape index (κ3) is 3.65. The molecule has 2 N–H and O–H groups in total. The molecule has 3 aliphatic rings. The van der Waals surface area contributed by atoms with Crippen LogP contribution < -0.4 is 5.32 Å². The van der Waals surface area contributed by atoms with E-state index >= 15 is 0 Å². The second kappa shape index (κ2) is 7.28. The molecule has 1 aliphatic carbocycles. The average Bonchev–Trinajstić information content (AvgIpc) is 2.88. The number of pyridine rings is 1. The molecule has 3 fully saturated rings. The number of nitrogens with zero attached hydrogens (tertiary/aromatic N) is 2. The Kier molecular flexibility index (Phi) is 5.02. The fourth-order valence-electron chi connectivity index (χ4n) is 5.29. The van der Waals surface area contributed by atoms with Gasteiger partial charge in [-0.3, -0.25) is 14.7 Å². The zero-order chi connectivity index (χ0) is 18.1. The summed E-state index contributed by atoms with van der Waals surface area (Å²) in [5, 5.41) is 14.4. The lowest BCUT2D eigenvalue weighted by atomic mass is 9.81. The molecule has 2 saturated heterocycles. The maximum Gasteiger partial charge on any atom is 0.234 e. The summed E-state index contributed by atoms with van der Waals surface area (Å²) in [5.41, 5.74) is 0.115. The average molecular weight is 357 g/mol. The minimum absolute atomic E-state index is 0.160. The predicted molar refractivity (Wildman–Crippen MR) is 100 cm³/mol. The van der Waals surface area contributed by atoms with Gasteiger partial charge in [0, 0.05) is 36.1 Å². The van der Waals surface area contributed by atoms with Crippen LogP contribution in [-0.2, 0) is 10.4 Å². The van der Waals surface area contributed by atoms with Crippen LogP contribution in [0.25, 0.3) is 0 Å². The van der Waals surface area contributed by atoms with E-state index in [4.69, 9.17) is 0 Å². The van der Waals surface area contributed by atoms with Gasteiger partial charge in [-0.25, -0.2) is 0 Å². The van der Waals surface area contributed by atoms with Gasteiger partial charge in [-0.2, -0.15) is 0 Å². The summed E-state index contributed by atoms with van der Waals surface area (Å²) in [4.78, 5) is 19.1. The Balaban J connectivity index is 1.36. The zero-order valence-electron chi connectivity index (χ0n) is 15.7. The van der Waals surface area contributed by atoms with E-state index in [1.165, 1.54) is 12.8 Å². The third-order valence-electron chi connectivity index (χ3n) is 6.82. The van der Waals surface area contributed by atoms with Crippen molar-refractivity contribution in [2.75, 3.05) is 6.54 Å². The molecule has 1 amide bonds. The highest BCUT2D eigenvalue weighted by Crippen LogP contribution is 2.45. The van der Waals surface area contributed by atoms with Gasteiger partial charge in [-0.1, -0.05) is 13.0 Å². The number of carbonyl (C=O) groups is 1. The maximum atomic E-state index is 12.6. The van der Waals surface area contributed by atoms with E-state index in [9.17, 15) is 9.90 Å². The number of nitrogens with one attached hydrogen (secondary N) is 1. The first-order valence-corrected chi connectivity index (χ1v) is 10.2. The second-order valence-electron chi connectivity index (χ2n) is 8.76. The van der Waals surface area contributed by atoms with Gasteiger partial charge in [0.05, 0.1) is 12.1 Å². The topological polar surface area (TPSA) is 65.5 Å². The molecule has 1 aromatic rings. The van der Waals surface area contributed by atoms with Crippen molar-refractivity contribution in [3.8, 4) is 0 Å². The third-order valence-corrected chi connectivity index (χ3v) is 6.82. The van der Waals surface area contributed by atoms with Crippen molar-refractivity contribution >= 4 is 5.91 Å². The molecule has 4 rings (SSSR count). The summed E-state index contributed by atoms with van der Waals surface area (Å²) in [5.74, 6) is 0.958. The molecule has 0 aromatic carbocycles. The van der Waals surface area contributed by atoms with Crippen molar-refractivity contribution in [3.63, 3.8) is 0 Å². The van der Waals surface area contributed by atoms with Crippen LogP contribution in [0.15, 0.2) is 24.5 Å². The van der Waals surface area contributed by atoms with Gasteiger partial charge in [0.1, 0.15) is 0 Å². The first-order valence-electron chi connectivity index (χ1n) is 10.2. The Morgan fingerprint density at radius 2 is 1.92 bits per heavy atom. The van der Waals surface area contributed by atoms with E-state index in [1.807, 2.05) is 12.1 Å². The Morgan fingerprint density at radius 1 is 1.23 bits per heavy atom. The van der Waals surface area contributed by atoms with Crippen LogP contribution in [0.4, 0.5) is 0 Å². The molecule has 2 atom stereocenters. The second-order valence-corrected chi connectivity index (χ2v) is 8.76. The number of carbonyl (C=O) groups excluding carboxylic acids is 1. The molecule has 5 nitrogen and oxygen atoms in total. The van der Waals surface area contributed by atoms with Gasteiger partial charge in [0.25, 0.3) is 0 Å². The highest BCUT2D eigenvalue weighted by Gasteiger charge is 2.48. The minimum atomic E-state index is -0.799. The smallest absolute Gasteiger partial charge is 0.234 e. The normalized spacial score (nSPS) is 37.5. The number of aromatic nitrogens is 1. The quantitative estimate of drug-likeness (QED) is 0.869. The molecule has 2 aliphatic heterocycles. The van der Waals surface area contributed by atoms with Crippen LogP contribution in [0.1, 0.15) is 63.9 Å². The van der Waals surface area contributed by atoms with Crippen molar-refractivity contribution in [2.45, 2.75) is 82.0 Å². The van der Waals surface area contributed by atoms with E-state index in [-0.39, 0.29) is 18.0 Å². The Labute approximate surface area is 156 Å². The Bertz CT molecular complexity index is 613. The van der Waals surface area contributed by atoms with E-state index in [0.717, 1.165) is 37.2 Å². The first-order chi connectivity index (χ1) is 12.5. The first kappa shape index (κ1) is 17.9. The lowest BCUT2D eigenvalue weighted by Crippen LogP contribution is -2.53. The molecular formula is C21H31N3O2. The highest BCUT2D eigenvalue weighted by atomic mass is 16.3. The van der Waals surface area contributed by atoms with E-state index in [2.05, 4.69) is 22.1 Å². The monoisotopic (exact) mass is 357 g/mol. The molecule has 1 aromatic heterocycles. The largest absolute Gasteiger partial charge is 0.385 e. The number of hydrogen-bond acceptors (Lipinski definition) is 4. The van der Waals surface area contributed by atoms with Crippen molar-refractivity contribution in [2.24, 2.45) is 5.92 Å². The number of aliphatic hydroxyl groups is 1.